The van der Waals surface area contributed by atoms with Crippen LogP contribution in [0, 0.1) is 11.8 Å². The average molecular weight is 458 g/mol. The van der Waals surface area contributed by atoms with Crippen LogP contribution >= 0.6 is 0 Å². The highest BCUT2D eigenvalue weighted by molar-refractivity contribution is 5.87. The van der Waals surface area contributed by atoms with Crippen LogP contribution in [0.25, 0.3) is 0 Å². The Labute approximate surface area is 189 Å². The van der Waals surface area contributed by atoms with Crippen LogP contribution in [-0.2, 0) is 23.1 Å². The molecule has 2 saturated carbocycles. The summed E-state index contributed by atoms with van der Waals surface area (Å²) >= 11 is 0. The van der Waals surface area contributed by atoms with Gasteiger partial charge in [0.25, 0.3) is 0 Å². The molecule has 0 aromatic heterocycles. The number of carboxylic acid groups (broad SMARTS) is 1. The molecule has 2 N–H and O–H groups in total. The van der Waals surface area contributed by atoms with E-state index in [0.29, 0.717) is 36.9 Å². The van der Waals surface area contributed by atoms with Crippen LogP contribution in [-0.4, -0.2) is 34.5 Å². The maximum Gasteiger partial charge on any atom is 0.416 e. The Morgan fingerprint density at radius 3 is 2.42 bits per heavy atom. The molecule has 2 aliphatic carbocycles. The second-order valence-corrected chi connectivity index (χ2v) is 9.59. The summed E-state index contributed by atoms with van der Waals surface area (Å²) in [7, 11) is 0. The van der Waals surface area contributed by atoms with Crippen molar-refractivity contribution in [2.75, 3.05) is 6.54 Å². The number of aromatic carboxylic acids is 1. The van der Waals surface area contributed by atoms with E-state index < -0.39 is 23.2 Å². The SMILES string of the molecule is O=C(O)c1ccc(C2(NC(=O)C3CC4CC4CN3Cc3cccc(C(F)(F)F)c3)CC2)cc1. The molecule has 3 aliphatic rings. The monoisotopic (exact) mass is 458 g/mol. The number of carboxylic acids is 1. The highest BCUT2D eigenvalue weighted by Crippen LogP contribution is 2.49. The largest absolute Gasteiger partial charge is 0.478 e. The number of fused-ring (bicyclic) bond motifs is 1. The normalized spacial score (nSPS) is 25.7. The quantitative estimate of drug-likeness (QED) is 0.673. The Balaban J connectivity index is 1.32. The number of carbonyl (C=O) groups is 2. The molecule has 174 valence electrons. The van der Waals surface area contributed by atoms with E-state index in [4.69, 9.17) is 5.11 Å². The predicted octanol–water partition coefficient (Wildman–Crippen LogP) is 4.42. The van der Waals surface area contributed by atoms with E-state index in [2.05, 4.69) is 5.32 Å². The molecule has 5 rings (SSSR count). The van der Waals surface area contributed by atoms with Gasteiger partial charge in [0.05, 0.1) is 22.7 Å². The maximum absolute atomic E-state index is 13.4. The van der Waals surface area contributed by atoms with Gasteiger partial charge in [-0.25, -0.2) is 4.79 Å². The highest BCUT2D eigenvalue weighted by Gasteiger charge is 2.51. The van der Waals surface area contributed by atoms with Crippen molar-refractivity contribution in [3.8, 4) is 0 Å². The lowest BCUT2D eigenvalue weighted by Gasteiger charge is -2.35. The predicted molar refractivity (Wildman–Crippen MR) is 114 cm³/mol. The zero-order chi connectivity index (χ0) is 23.4. The zero-order valence-electron chi connectivity index (χ0n) is 17.9. The molecule has 5 nitrogen and oxygen atoms in total. The summed E-state index contributed by atoms with van der Waals surface area (Å²) in [6, 6.07) is 11.5. The number of piperidine rings is 1. The molecule has 1 aliphatic heterocycles. The van der Waals surface area contributed by atoms with Crippen LogP contribution in [0.1, 0.15) is 52.7 Å². The van der Waals surface area contributed by atoms with Gasteiger partial charge in [-0.05, 0) is 66.8 Å². The van der Waals surface area contributed by atoms with E-state index in [1.807, 2.05) is 4.90 Å². The molecule has 0 bridgehead atoms. The van der Waals surface area contributed by atoms with Gasteiger partial charge in [-0.1, -0.05) is 30.3 Å². The minimum Gasteiger partial charge on any atom is -0.478 e. The summed E-state index contributed by atoms with van der Waals surface area (Å²) in [5.74, 6) is -0.0872. The van der Waals surface area contributed by atoms with Crippen LogP contribution in [0.5, 0.6) is 0 Å². The summed E-state index contributed by atoms with van der Waals surface area (Å²) in [6.07, 6.45) is -1.08. The van der Waals surface area contributed by atoms with Crippen LogP contribution < -0.4 is 5.32 Å². The first-order valence-corrected chi connectivity index (χ1v) is 11.2. The van der Waals surface area contributed by atoms with Crippen LogP contribution in [0.2, 0.25) is 0 Å². The molecule has 1 heterocycles. The summed E-state index contributed by atoms with van der Waals surface area (Å²) in [5.41, 5.74) is 0.456. The Morgan fingerprint density at radius 1 is 1.06 bits per heavy atom. The van der Waals surface area contributed by atoms with Crippen molar-refractivity contribution in [2.45, 2.75) is 50.0 Å². The Kier molecular flexibility index (Phi) is 5.23. The summed E-state index contributed by atoms with van der Waals surface area (Å²) in [5, 5.41) is 12.3. The van der Waals surface area contributed by atoms with Crippen molar-refractivity contribution >= 4 is 11.9 Å². The number of carbonyl (C=O) groups excluding carboxylic acids is 1. The van der Waals surface area contributed by atoms with Gasteiger partial charge in [-0.2, -0.15) is 13.2 Å². The van der Waals surface area contributed by atoms with Gasteiger partial charge in [0.2, 0.25) is 5.91 Å². The number of alkyl halides is 3. The number of amides is 1. The Hall–Kier alpha value is -2.87. The van der Waals surface area contributed by atoms with Gasteiger partial charge >= 0.3 is 12.1 Å². The molecule has 8 heteroatoms. The number of nitrogens with zero attached hydrogens (tertiary/aromatic N) is 1. The molecule has 2 aromatic rings. The first-order chi connectivity index (χ1) is 15.6. The number of rotatable bonds is 6. The smallest absolute Gasteiger partial charge is 0.416 e. The third kappa shape index (κ3) is 4.49. The van der Waals surface area contributed by atoms with Gasteiger partial charge in [0.15, 0.2) is 0 Å². The Morgan fingerprint density at radius 2 is 1.79 bits per heavy atom. The van der Waals surface area contributed by atoms with E-state index in [1.165, 1.54) is 12.1 Å². The molecule has 0 radical (unpaired) electrons. The molecular formula is C25H25F3N2O3. The number of benzene rings is 2. The van der Waals surface area contributed by atoms with Crippen molar-refractivity contribution < 1.29 is 27.9 Å². The highest BCUT2D eigenvalue weighted by atomic mass is 19.4. The second kappa shape index (κ2) is 7.87. The molecule has 3 unspecified atom stereocenters. The van der Waals surface area contributed by atoms with Crippen molar-refractivity contribution in [1.82, 2.24) is 10.2 Å². The number of nitrogens with one attached hydrogen (secondary N) is 1. The van der Waals surface area contributed by atoms with Crippen molar-refractivity contribution in [1.29, 1.82) is 0 Å². The lowest BCUT2D eigenvalue weighted by molar-refractivity contribution is -0.137. The van der Waals surface area contributed by atoms with Crippen molar-refractivity contribution in [3.63, 3.8) is 0 Å². The lowest BCUT2D eigenvalue weighted by atomic mass is 9.97. The molecule has 1 amide bonds. The molecule has 3 atom stereocenters. The van der Waals surface area contributed by atoms with E-state index in [9.17, 15) is 22.8 Å². The number of hydrogen-bond donors (Lipinski definition) is 2. The number of hydrogen-bond acceptors (Lipinski definition) is 3. The first-order valence-electron chi connectivity index (χ1n) is 11.2. The maximum atomic E-state index is 13.4. The molecule has 33 heavy (non-hydrogen) atoms. The zero-order valence-corrected chi connectivity index (χ0v) is 17.9. The number of halogens is 3. The van der Waals surface area contributed by atoms with E-state index in [-0.39, 0.29) is 17.5 Å². The van der Waals surface area contributed by atoms with E-state index in [0.717, 1.165) is 30.9 Å². The van der Waals surface area contributed by atoms with E-state index >= 15 is 0 Å². The minimum absolute atomic E-state index is 0.105. The summed E-state index contributed by atoms with van der Waals surface area (Å²) in [6.45, 7) is 1.00. The first kappa shape index (κ1) is 21.9. The molecule has 0 spiro atoms. The summed E-state index contributed by atoms with van der Waals surface area (Å²) in [4.78, 5) is 26.5. The van der Waals surface area contributed by atoms with Crippen LogP contribution in [0.3, 0.4) is 0 Å². The second-order valence-electron chi connectivity index (χ2n) is 9.59. The fraction of sp³-hybridized carbons (Fsp3) is 0.440. The third-order valence-corrected chi connectivity index (χ3v) is 7.24. The fourth-order valence-corrected chi connectivity index (χ4v) is 5.08. The number of likely N-dealkylation sites (tertiary alicyclic amines) is 1. The summed E-state index contributed by atoms with van der Waals surface area (Å²) < 4.78 is 39.4. The van der Waals surface area contributed by atoms with Crippen LogP contribution in [0.4, 0.5) is 13.2 Å². The van der Waals surface area contributed by atoms with Crippen molar-refractivity contribution in [3.05, 3.63) is 70.8 Å². The molecule has 3 fully saturated rings. The van der Waals surface area contributed by atoms with Crippen molar-refractivity contribution in [2.24, 2.45) is 11.8 Å². The fourth-order valence-electron chi connectivity index (χ4n) is 5.08. The van der Waals surface area contributed by atoms with Gasteiger partial charge < -0.3 is 10.4 Å². The van der Waals surface area contributed by atoms with Gasteiger partial charge in [-0.3, -0.25) is 9.69 Å². The van der Waals surface area contributed by atoms with Gasteiger partial charge in [0.1, 0.15) is 0 Å². The lowest BCUT2D eigenvalue weighted by Crippen LogP contribution is -2.52. The third-order valence-electron chi connectivity index (χ3n) is 7.24. The van der Waals surface area contributed by atoms with Crippen LogP contribution in [0.15, 0.2) is 48.5 Å². The van der Waals surface area contributed by atoms with Gasteiger partial charge in [-0.15, -0.1) is 0 Å². The van der Waals surface area contributed by atoms with E-state index in [1.54, 1.807) is 30.3 Å². The Bertz CT molecular complexity index is 1080. The molecule has 2 aromatic carbocycles. The molecule has 1 saturated heterocycles. The minimum atomic E-state index is -4.40. The molecular weight excluding hydrogens is 433 g/mol. The standard InChI is InChI=1S/C25H25F3N2O3/c26-25(27,28)20-3-1-2-15(10-20)13-30-14-18-11-17(18)12-21(30)22(31)29-24(8-9-24)19-6-4-16(5-7-19)23(32)33/h1-7,10,17-18,21H,8-9,11-14H2,(H,29,31)(H,32,33). The van der Waals surface area contributed by atoms with Gasteiger partial charge in [0, 0.05) is 13.1 Å². The average Bonchev–Trinajstić information content (AvgIpc) is 3.69. The topological polar surface area (TPSA) is 69.6 Å².